The minimum absolute atomic E-state index is 0. The molecule has 54 heavy (non-hydrogen) atoms. The first-order valence-corrected chi connectivity index (χ1v) is 18.5. The molecular weight excluding hydrogens is 815 g/mol. The van der Waals surface area contributed by atoms with Gasteiger partial charge in [-0.25, -0.2) is 0 Å². The summed E-state index contributed by atoms with van der Waals surface area (Å²) < 4.78 is 12.3. The van der Waals surface area contributed by atoms with Gasteiger partial charge < -0.3 is 14.6 Å². The Bertz CT molecular complexity index is 2080. The summed E-state index contributed by atoms with van der Waals surface area (Å²) >= 11 is 0. The third kappa shape index (κ3) is 10.8. The van der Waals surface area contributed by atoms with Gasteiger partial charge in [-0.3, -0.25) is 4.90 Å². The Morgan fingerprint density at radius 2 is 0.870 bits per heavy atom. The summed E-state index contributed by atoms with van der Waals surface area (Å²) in [5.41, 5.74) is 11.9. The first kappa shape index (κ1) is 40.6. The van der Waals surface area contributed by atoms with Crippen molar-refractivity contribution in [2.24, 2.45) is 0 Å². The number of phenolic OH excluding ortho intramolecular Hbond substituents is 1. The van der Waals surface area contributed by atoms with E-state index in [-0.39, 0.29) is 43.5 Å². The molecule has 0 atom stereocenters. The molecule has 6 aromatic carbocycles. The maximum atomic E-state index is 9.95. The summed E-state index contributed by atoms with van der Waals surface area (Å²) in [5.74, 6) is 1.95. The van der Waals surface area contributed by atoms with Crippen LogP contribution < -0.4 is 9.47 Å². The number of rotatable bonds is 16. The van der Waals surface area contributed by atoms with Gasteiger partial charge in [0.2, 0.25) is 0 Å². The van der Waals surface area contributed by atoms with Crippen LogP contribution in [0.5, 0.6) is 17.2 Å². The molecule has 4 nitrogen and oxygen atoms in total. The topological polar surface area (TPSA) is 41.9 Å². The molecule has 0 amide bonds. The zero-order valence-corrected chi connectivity index (χ0v) is 33.2. The molecule has 5 heteroatoms. The van der Waals surface area contributed by atoms with Crippen LogP contribution in [-0.4, -0.2) is 43.4 Å². The van der Waals surface area contributed by atoms with Gasteiger partial charge in [0.15, 0.2) is 0 Å². The van der Waals surface area contributed by atoms with Crippen LogP contribution in [0.25, 0.3) is 22.3 Å². The van der Waals surface area contributed by atoms with E-state index in [0.717, 1.165) is 54.1 Å². The number of hydrogen-bond donors (Lipinski definition) is 1. The average molecular weight is 864 g/mol. The van der Waals surface area contributed by atoms with Gasteiger partial charge in [-0.15, -0.1) is 5.56 Å². The van der Waals surface area contributed by atoms with Gasteiger partial charge >= 0.3 is 0 Å². The van der Waals surface area contributed by atoms with Crippen LogP contribution in [-0.2, 0) is 0 Å². The summed E-state index contributed by atoms with van der Waals surface area (Å²) in [5, 5.41) is 9.95. The molecule has 0 aliphatic carbocycles. The van der Waals surface area contributed by atoms with Crippen LogP contribution in [0.15, 0.2) is 158 Å². The quantitative estimate of drug-likeness (QED) is 0.0598. The van der Waals surface area contributed by atoms with Gasteiger partial charge in [-0.2, -0.15) is 30.3 Å². The van der Waals surface area contributed by atoms with Crippen LogP contribution in [0.3, 0.4) is 0 Å². The molecule has 1 radical (unpaired) electrons. The number of benzene rings is 6. The van der Waals surface area contributed by atoms with Crippen LogP contribution in [0.1, 0.15) is 60.1 Å². The van der Waals surface area contributed by atoms with E-state index < -0.39 is 0 Å². The summed E-state index contributed by atoms with van der Waals surface area (Å²) in [6.07, 6.45) is 1.80. The fraction of sp³-hybridized carbons (Fsp3) is 0.184. The van der Waals surface area contributed by atoms with Crippen molar-refractivity contribution in [1.82, 2.24) is 4.90 Å². The molecule has 0 fully saturated rings. The van der Waals surface area contributed by atoms with E-state index in [1.807, 2.05) is 42.5 Å². The summed E-state index contributed by atoms with van der Waals surface area (Å²) in [6, 6.07) is 56.8. The minimum atomic E-state index is 0. The van der Waals surface area contributed by atoms with Gasteiger partial charge in [0.05, 0.1) is 0 Å². The van der Waals surface area contributed by atoms with Crippen molar-refractivity contribution < 1.29 is 52.3 Å². The molecule has 0 saturated heterocycles. The van der Waals surface area contributed by atoms with Gasteiger partial charge in [-0.05, 0) is 106 Å². The molecule has 1 N–H and O–H groups in total. The largest absolute Gasteiger partial charge is 0.508 e. The smallest absolute Gasteiger partial charge is 0.119 e. The fourth-order valence-electron chi connectivity index (χ4n) is 6.73. The third-order valence-corrected chi connectivity index (χ3v) is 9.49. The second-order valence-electron chi connectivity index (χ2n) is 13.0. The molecule has 0 aromatic heterocycles. The Balaban J connectivity index is 0.00000561. The SMILES string of the molecule is CC/C(=C(/c1cc[c-]cc1)c1ccc(OCCN(C)CCOc2ccc(/C(=C(\CC)c3ccccc3)c3ccc(O)cc3)cc2)cc1)c1ccccc1.[Ho]. The fourth-order valence-corrected chi connectivity index (χ4v) is 6.73. The molecule has 0 saturated carbocycles. The Labute approximate surface area is 351 Å². The van der Waals surface area contributed by atoms with E-state index in [2.05, 4.69) is 135 Å². The number of phenols is 1. The van der Waals surface area contributed by atoms with Crippen molar-refractivity contribution in [3.63, 3.8) is 0 Å². The molecule has 0 spiro atoms. The van der Waals surface area contributed by atoms with Crippen molar-refractivity contribution in [3.8, 4) is 17.2 Å². The number of aromatic hydroxyl groups is 1. The van der Waals surface area contributed by atoms with Crippen molar-refractivity contribution >= 4 is 22.3 Å². The second kappa shape index (κ2) is 20.8. The van der Waals surface area contributed by atoms with Crippen LogP contribution in [0.4, 0.5) is 0 Å². The van der Waals surface area contributed by atoms with E-state index in [9.17, 15) is 5.11 Å². The van der Waals surface area contributed by atoms with Crippen LogP contribution in [0.2, 0.25) is 0 Å². The number of hydrogen-bond acceptors (Lipinski definition) is 4. The maximum Gasteiger partial charge on any atom is 0.119 e. The van der Waals surface area contributed by atoms with Crippen molar-refractivity contribution in [2.45, 2.75) is 26.7 Å². The van der Waals surface area contributed by atoms with E-state index in [1.54, 1.807) is 12.1 Å². The number of ether oxygens (including phenoxy) is 2. The third-order valence-electron chi connectivity index (χ3n) is 9.49. The Morgan fingerprint density at radius 1 is 0.500 bits per heavy atom. The molecule has 279 valence electrons. The maximum absolute atomic E-state index is 9.95. The number of likely N-dealkylation sites (N-methyl/N-ethyl adjacent to an activating group) is 1. The normalized spacial score (nSPS) is 12.0. The summed E-state index contributed by atoms with van der Waals surface area (Å²) in [6.45, 7) is 7.12. The molecular formula is C49H48HoNO3-. The van der Waals surface area contributed by atoms with Gasteiger partial charge in [0.1, 0.15) is 30.5 Å². The van der Waals surface area contributed by atoms with Gasteiger partial charge in [0.25, 0.3) is 0 Å². The van der Waals surface area contributed by atoms with E-state index >= 15 is 0 Å². The molecule has 0 bridgehead atoms. The predicted molar refractivity (Wildman–Crippen MR) is 220 cm³/mol. The molecule has 0 aliphatic rings. The predicted octanol–water partition coefficient (Wildman–Crippen LogP) is 11.3. The van der Waals surface area contributed by atoms with Crippen molar-refractivity contribution in [2.75, 3.05) is 33.4 Å². The Hall–Kier alpha value is -4.58. The number of nitrogens with zero attached hydrogens (tertiary/aromatic N) is 1. The zero-order valence-electron chi connectivity index (χ0n) is 31.3. The first-order valence-electron chi connectivity index (χ1n) is 18.5. The molecule has 6 rings (SSSR count). The molecule has 0 unspecified atom stereocenters. The summed E-state index contributed by atoms with van der Waals surface area (Å²) in [4.78, 5) is 2.22. The standard InChI is InChI=1S/C49H48NO3.Ho/c1-4-46(37-15-9-6-10-16-37)48(39-19-13-8-14-20-39)41-23-29-44(30-24-41)52-35-33-50(3)34-36-53-45-31-25-42(26-32-45)49(40-21-27-43(51)28-22-40)47(5-2)38-17-11-7-12-18-38;/h6-7,9-32,51H,4-5,33-36H2,1-3H3;/q-1;/b48-46+,49-47+;. The summed E-state index contributed by atoms with van der Waals surface area (Å²) in [7, 11) is 2.09. The van der Waals surface area contributed by atoms with Crippen molar-refractivity contribution in [1.29, 1.82) is 0 Å². The zero-order chi connectivity index (χ0) is 36.8. The molecule has 6 aromatic rings. The average Bonchev–Trinajstić information content (AvgIpc) is 3.21. The number of allylic oxidation sites excluding steroid dienone is 2. The van der Waals surface area contributed by atoms with Crippen molar-refractivity contribution in [3.05, 3.63) is 197 Å². The molecule has 0 heterocycles. The van der Waals surface area contributed by atoms with Crippen LogP contribution >= 0.6 is 0 Å². The van der Waals surface area contributed by atoms with Gasteiger partial charge in [0, 0.05) is 50.8 Å². The monoisotopic (exact) mass is 863 g/mol. The molecule has 0 aliphatic heterocycles. The van der Waals surface area contributed by atoms with E-state index in [4.69, 9.17) is 9.47 Å². The van der Waals surface area contributed by atoms with Gasteiger partial charge in [-0.1, -0.05) is 111 Å². The van der Waals surface area contributed by atoms with Crippen LogP contribution in [0, 0.1) is 43.8 Å². The Morgan fingerprint density at radius 3 is 1.26 bits per heavy atom. The second-order valence-corrected chi connectivity index (χ2v) is 13.0. The van der Waals surface area contributed by atoms with E-state index in [1.165, 1.54) is 39.0 Å². The van der Waals surface area contributed by atoms with E-state index in [0.29, 0.717) is 13.2 Å². The first-order chi connectivity index (χ1) is 26.0. The Kier molecular flexibility index (Phi) is 15.6. The minimum Gasteiger partial charge on any atom is -0.508 e.